The van der Waals surface area contributed by atoms with E-state index < -0.39 is 9.46 Å². The minimum absolute atomic E-state index is 0.109. The summed E-state index contributed by atoms with van der Waals surface area (Å²) >= 11 is 1.54. The number of carbonyl (C=O) groups excluding carboxylic acids is 1. The average Bonchev–Trinajstić information content (AvgIpc) is 2.68. The Morgan fingerprint density at radius 1 is 1.33 bits per heavy atom. The minimum atomic E-state index is -1.81. The highest BCUT2D eigenvalue weighted by Crippen LogP contribution is 2.44. The van der Waals surface area contributed by atoms with Crippen molar-refractivity contribution in [2.45, 2.75) is 10.1 Å². The van der Waals surface area contributed by atoms with Crippen LogP contribution in [0, 0.1) is 0 Å². The number of alkyl halides is 2. The predicted octanol–water partition coefficient (Wildman–Crippen LogP) is 2.25. The largest absolute Gasteiger partial charge is 0.454 e. The van der Waals surface area contributed by atoms with Crippen molar-refractivity contribution in [3.63, 3.8) is 0 Å². The van der Waals surface area contributed by atoms with E-state index in [1.54, 1.807) is 34.7 Å². The third-order valence-electron chi connectivity index (χ3n) is 2.59. The zero-order chi connectivity index (χ0) is 10.6. The van der Waals surface area contributed by atoms with Crippen LogP contribution in [0.25, 0.3) is 0 Å². The molecule has 2 aliphatic rings. The molecule has 0 aromatic heterocycles. The van der Waals surface area contributed by atoms with E-state index in [9.17, 15) is 9.18 Å². The number of carbonyl (C=O) groups is 1. The van der Waals surface area contributed by atoms with E-state index in [-0.39, 0.29) is 13.2 Å². The van der Waals surface area contributed by atoms with Gasteiger partial charge in [0.05, 0.1) is 0 Å². The molecule has 3 nitrogen and oxygen atoms in total. The molecular formula is C10H6FIO3. The van der Waals surface area contributed by atoms with Gasteiger partial charge in [-0.15, -0.1) is 0 Å². The quantitative estimate of drug-likeness (QED) is 0.543. The van der Waals surface area contributed by atoms with Crippen molar-refractivity contribution in [1.82, 2.24) is 0 Å². The van der Waals surface area contributed by atoms with Gasteiger partial charge in [-0.05, 0) is 40.3 Å². The SMILES string of the molecule is O=C1c2cc3c(cc2CC1(F)I)OCO3. The van der Waals surface area contributed by atoms with Gasteiger partial charge in [-0.3, -0.25) is 4.79 Å². The molecule has 1 unspecified atom stereocenters. The third kappa shape index (κ3) is 1.25. The van der Waals surface area contributed by atoms with Crippen molar-refractivity contribution in [2.24, 2.45) is 0 Å². The first-order valence-corrected chi connectivity index (χ1v) is 5.51. The molecule has 0 spiro atoms. The number of ketones is 1. The van der Waals surface area contributed by atoms with Crippen LogP contribution in [-0.4, -0.2) is 16.3 Å². The van der Waals surface area contributed by atoms with E-state index in [0.717, 1.165) is 0 Å². The molecule has 15 heavy (non-hydrogen) atoms. The Labute approximate surface area is 98.7 Å². The summed E-state index contributed by atoms with van der Waals surface area (Å²) in [5.74, 6) is 0.642. The van der Waals surface area contributed by atoms with Crippen molar-refractivity contribution in [2.75, 3.05) is 6.79 Å². The normalized spacial score (nSPS) is 26.9. The maximum Gasteiger partial charge on any atom is 0.231 e. The second-order valence-electron chi connectivity index (χ2n) is 3.57. The number of halogens is 2. The van der Waals surface area contributed by atoms with Gasteiger partial charge < -0.3 is 9.47 Å². The van der Waals surface area contributed by atoms with Crippen LogP contribution in [0.4, 0.5) is 4.39 Å². The van der Waals surface area contributed by atoms with Gasteiger partial charge in [0.1, 0.15) is 0 Å². The summed E-state index contributed by atoms with van der Waals surface area (Å²) < 4.78 is 22.2. The van der Waals surface area contributed by atoms with E-state index in [0.29, 0.717) is 22.6 Å². The Kier molecular flexibility index (Phi) is 1.78. The molecule has 1 aliphatic heterocycles. The Hall–Kier alpha value is -0.850. The molecule has 0 saturated carbocycles. The van der Waals surface area contributed by atoms with Crippen molar-refractivity contribution >= 4 is 28.4 Å². The Morgan fingerprint density at radius 2 is 2.00 bits per heavy atom. The third-order valence-corrected chi connectivity index (χ3v) is 3.46. The standard InChI is InChI=1S/C10H6FIO3/c11-10(12)3-5-1-7-8(15-4-14-7)2-6(5)9(10)13/h1-2H,3-4H2. The molecule has 0 fully saturated rings. The molecule has 0 saturated heterocycles. The Bertz CT molecular complexity index is 470. The highest BCUT2D eigenvalue weighted by molar-refractivity contribution is 14.1. The number of fused-ring (bicyclic) bond motifs is 2. The highest BCUT2D eigenvalue weighted by Gasteiger charge is 2.44. The summed E-state index contributed by atoms with van der Waals surface area (Å²) in [5, 5.41) is 0. The van der Waals surface area contributed by atoms with Crippen molar-refractivity contribution in [1.29, 1.82) is 0 Å². The van der Waals surface area contributed by atoms with E-state index in [2.05, 4.69) is 0 Å². The van der Waals surface area contributed by atoms with Crippen LogP contribution in [0.15, 0.2) is 12.1 Å². The fourth-order valence-electron chi connectivity index (χ4n) is 1.86. The molecule has 3 rings (SSSR count). The molecule has 1 aromatic rings. The summed E-state index contributed by atoms with van der Waals surface area (Å²) in [5.41, 5.74) is 1.11. The molecule has 0 radical (unpaired) electrons. The van der Waals surface area contributed by atoms with E-state index in [1.807, 2.05) is 0 Å². The van der Waals surface area contributed by atoms with Crippen LogP contribution >= 0.6 is 22.6 Å². The minimum Gasteiger partial charge on any atom is -0.454 e. The number of benzene rings is 1. The van der Waals surface area contributed by atoms with Crippen molar-refractivity contribution in [3.05, 3.63) is 23.3 Å². The zero-order valence-electron chi connectivity index (χ0n) is 7.55. The first-order valence-electron chi connectivity index (χ1n) is 4.43. The van der Waals surface area contributed by atoms with Gasteiger partial charge in [-0.25, -0.2) is 4.39 Å². The molecule has 1 aliphatic carbocycles. The summed E-state index contributed by atoms with van der Waals surface area (Å²) in [6.45, 7) is 0.164. The number of Topliss-reactive ketones (excluding diaryl/α,β-unsaturated/α-hetero) is 1. The summed E-state index contributed by atoms with van der Waals surface area (Å²) in [6, 6.07) is 3.26. The lowest BCUT2D eigenvalue weighted by atomic mass is 10.1. The smallest absolute Gasteiger partial charge is 0.231 e. The fourth-order valence-corrected chi connectivity index (χ4v) is 2.56. The van der Waals surface area contributed by atoms with Gasteiger partial charge in [0.2, 0.25) is 16.3 Å². The van der Waals surface area contributed by atoms with Gasteiger partial charge in [0, 0.05) is 12.0 Å². The molecule has 1 heterocycles. The fraction of sp³-hybridized carbons (Fsp3) is 0.300. The van der Waals surface area contributed by atoms with Crippen LogP contribution in [0.1, 0.15) is 15.9 Å². The topological polar surface area (TPSA) is 35.5 Å². The molecular weight excluding hydrogens is 314 g/mol. The maximum atomic E-state index is 13.7. The van der Waals surface area contributed by atoms with Crippen molar-refractivity contribution in [3.8, 4) is 11.5 Å². The lowest BCUT2D eigenvalue weighted by Crippen LogP contribution is -2.21. The maximum absolute atomic E-state index is 13.7. The molecule has 78 valence electrons. The van der Waals surface area contributed by atoms with E-state index in [1.165, 1.54) is 0 Å². The number of hydrogen-bond acceptors (Lipinski definition) is 3. The first-order chi connectivity index (χ1) is 7.08. The van der Waals surface area contributed by atoms with E-state index >= 15 is 0 Å². The average molecular weight is 320 g/mol. The van der Waals surface area contributed by atoms with Gasteiger partial charge in [-0.2, -0.15) is 0 Å². The van der Waals surface area contributed by atoms with Gasteiger partial charge >= 0.3 is 0 Å². The summed E-state index contributed by atoms with van der Waals surface area (Å²) in [4.78, 5) is 11.6. The monoisotopic (exact) mass is 320 g/mol. The molecule has 0 amide bonds. The highest BCUT2D eigenvalue weighted by atomic mass is 127. The van der Waals surface area contributed by atoms with E-state index in [4.69, 9.17) is 9.47 Å². The Morgan fingerprint density at radius 3 is 2.73 bits per heavy atom. The number of rotatable bonds is 0. The molecule has 0 bridgehead atoms. The zero-order valence-corrected chi connectivity index (χ0v) is 9.71. The van der Waals surface area contributed by atoms with Gasteiger partial charge in [-0.1, -0.05) is 0 Å². The van der Waals surface area contributed by atoms with Crippen LogP contribution in [-0.2, 0) is 6.42 Å². The van der Waals surface area contributed by atoms with Crippen LogP contribution < -0.4 is 9.47 Å². The lowest BCUT2D eigenvalue weighted by Gasteiger charge is -2.05. The van der Waals surface area contributed by atoms with Gasteiger partial charge in [0.15, 0.2) is 11.5 Å². The molecule has 0 N–H and O–H groups in total. The predicted molar refractivity (Wildman–Crippen MR) is 58.5 cm³/mol. The number of ether oxygens (including phenoxy) is 2. The molecule has 1 aromatic carbocycles. The second-order valence-corrected chi connectivity index (χ2v) is 5.28. The van der Waals surface area contributed by atoms with Crippen LogP contribution in [0.5, 0.6) is 11.5 Å². The Balaban J connectivity index is 2.17. The summed E-state index contributed by atoms with van der Waals surface area (Å²) in [7, 11) is 0. The number of hydrogen-bond donors (Lipinski definition) is 0. The lowest BCUT2D eigenvalue weighted by molar-refractivity contribution is 0.0882. The first kappa shape index (κ1) is 9.38. The molecule has 5 heteroatoms. The molecule has 1 atom stereocenters. The van der Waals surface area contributed by atoms with Gasteiger partial charge in [0.25, 0.3) is 0 Å². The van der Waals surface area contributed by atoms with Crippen molar-refractivity contribution < 1.29 is 18.7 Å². The van der Waals surface area contributed by atoms with Crippen LogP contribution in [0.2, 0.25) is 0 Å². The summed E-state index contributed by atoms with van der Waals surface area (Å²) in [6.07, 6.45) is 0.109. The second kappa shape index (κ2) is 2.84. The van der Waals surface area contributed by atoms with Crippen LogP contribution in [0.3, 0.4) is 0 Å².